The Balaban J connectivity index is 2.76. The molecule has 19 heavy (non-hydrogen) atoms. The number of esters is 3. The smallest absolute Gasteiger partial charge is 0.303 e. The molecule has 1 heterocycles. The Hall–Kier alpha value is -1.63. The first kappa shape index (κ1) is 15.4. The third kappa shape index (κ3) is 4.51. The highest BCUT2D eigenvalue weighted by Crippen LogP contribution is 2.25. The van der Waals surface area contributed by atoms with E-state index in [0.717, 1.165) is 0 Å². The number of hydrogen-bond donors (Lipinski definition) is 0. The second-order valence-electron chi connectivity index (χ2n) is 4.33. The highest BCUT2D eigenvalue weighted by atomic mass is 16.6. The molecule has 0 aromatic rings. The van der Waals surface area contributed by atoms with Crippen LogP contribution < -0.4 is 0 Å². The van der Waals surface area contributed by atoms with Crippen LogP contribution in [0, 0.1) is 0 Å². The highest BCUT2D eigenvalue weighted by Gasteiger charge is 2.45. The van der Waals surface area contributed by atoms with Crippen LogP contribution in [0.5, 0.6) is 0 Å². The molecule has 1 fully saturated rings. The van der Waals surface area contributed by atoms with Crippen molar-refractivity contribution >= 4 is 17.9 Å². The predicted octanol–water partition coefficient (Wildman–Crippen LogP) is 0.200. The number of hydrogen-bond acceptors (Lipinski definition) is 7. The third-order valence-corrected chi connectivity index (χ3v) is 2.58. The molecule has 0 amide bonds. The van der Waals surface area contributed by atoms with Crippen molar-refractivity contribution in [1.29, 1.82) is 0 Å². The summed E-state index contributed by atoms with van der Waals surface area (Å²) in [5.74, 6) is -1.48. The van der Waals surface area contributed by atoms with Gasteiger partial charge in [0.15, 0.2) is 12.2 Å². The average molecular weight is 274 g/mol. The van der Waals surface area contributed by atoms with Gasteiger partial charge in [0.05, 0.1) is 6.61 Å². The van der Waals surface area contributed by atoms with Crippen LogP contribution >= 0.6 is 0 Å². The maximum Gasteiger partial charge on any atom is 0.303 e. The van der Waals surface area contributed by atoms with Gasteiger partial charge < -0.3 is 18.9 Å². The van der Waals surface area contributed by atoms with E-state index in [4.69, 9.17) is 18.9 Å². The van der Waals surface area contributed by atoms with E-state index in [0.29, 0.717) is 0 Å². The van der Waals surface area contributed by atoms with Gasteiger partial charge in [0.25, 0.3) is 0 Å². The van der Waals surface area contributed by atoms with Crippen LogP contribution in [0.4, 0.5) is 0 Å². The molecule has 0 aliphatic carbocycles. The molecule has 0 N–H and O–H groups in total. The Bertz CT molecular complexity index is 365. The van der Waals surface area contributed by atoms with Crippen molar-refractivity contribution in [1.82, 2.24) is 0 Å². The van der Waals surface area contributed by atoms with Crippen molar-refractivity contribution in [2.75, 3.05) is 6.61 Å². The van der Waals surface area contributed by atoms with Gasteiger partial charge in [0, 0.05) is 20.8 Å². The van der Waals surface area contributed by atoms with Crippen molar-refractivity contribution in [2.24, 2.45) is 0 Å². The highest BCUT2D eigenvalue weighted by molar-refractivity contribution is 5.68. The van der Waals surface area contributed by atoms with Crippen molar-refractivity contribution in [3.63, 3.8) is 0 Å². The first-order valence-electron chi connectivity index (χ1n) is 5.94. The molecule has 7 heteroatoms. The minimum atomic E-state index is -0.782. The lowest BCUT2D eigenvalue weighted by atomic mass is 10.1. The number of rotatable bonds is 4. The van der Waals surface area contributed by atoms with Gasteiger partial charge in [-0.1, -0.05) is 0 Å². The molecule has 0 radical (unpaired) electrons. The fourth-order valence-electron chi connectivity index (χ4n) is 1.99. The first-order valence-corrected chi connectivity index (χ1v) is 5.94. The van der Waals surface area contributed by atoms with Gasteiger partial charge in [-0.2, -0.15) is 0 Å². The van der Waals surface area contributed by atoms with E-state index in [1.807, 2.05) is 0 Å². The standard InChI is InChI=1S/C12H18O7/c1-6(17-7(2)13)11-12(19-9(4)15)10(5-16-11)18-8(3)14/h6,10-12H,5H2,1-4H3. The summed E-state index contributed by atoms with van der Waals surface area (Å²) in [6.07, 6.45) is -2.74. The molecule has 1 aliphatic rings. The first-order chi connectivity index (χ1) is 8.81. The Morgan fingerprint density at radius 1 is 1.05 bits per heavy atom. The Morgan fingerprint density at radius 3 is 2.11 bits per heavy atom. The van der Waals surface area contributed by atoms with Gasteiger partial charge in [-0.05, 0) is 6.92 Å². The monoisotopic (exact) mass is 274 g/mol. The summed E-state index contributed by atoms with van der Waals surface area (Å²) < 4.78 is 20.6. The number of carbonyl (C=O) groups is 3. The van der Waals surface area contributed by atoms with Crippen LogP contribution in [0.1, 0.15) is 27.7 Å². The minimum Gasteiger partial charge on any atom is -0.460 e. The van der Waals surface area contributed by atoms with Crippen LogP contribution in [-0.4, -0.2) is 48.9 Å². The molecule has 4 unspecified atom stereocenters. The molecule has 0 saturated carbocycles. The quantitative estimate of drug-likeness (QED) is 0.534. The zero-order valence-electron chi connectivity index (χ0n) is 11.4. The fraction of sp³-hybridized carbons (Fsp3) is 0.750. The van der Waals surface area contributed by atoms with Crippen LogP contribution in [0.2, 0.25) is 0 Å². The summed E-state index contributed by atoms with van der Waals surface area (Å²) in [4.78, 5) is 33.0. The SMILES string of the molecule is CC(=O)OC(C)C1OCC(OC(C)=O)C1OC(C)=O. The molecule has 108 valence electrons. The summed E-state index contributed by atoms with van der Waals surface area (Å²) in [6.45, 7) is 5.49. The van der Waals surface area contributed by atoms with Crippen LogP contribution in [0.15, 0.2) is 0 Å². The van der Waals surface area contributed by atoms with E-state index in [-0.39, 0.29) is 6.61 Å². The molecule has 0 spiro atoms. The van der Waals surface area contributed by atoms with Crippen molar-refractivity contribution in [2.45, 2.75) is 52.1 Å². The summed E-state index contributed by atoms with van der Waals surface area (Å²) in [5, 5.41) is 0. The zero-order chi connectivity index (χ0) is 14.6. The number of ether oxygens (including phenoxy) is 4. The number of carbonyl (C=O) groups excluding carboxylic acids is 3. The molecule has 0 aromatic carbocycles. The molecular weight excluding hydrogens is 256 g/mol. The van der Waals surface area contributed by atoms with Crippen LogP contribution in [-0.2, 0) is 33.3 Å². The summed E-state index contributed by atoms with van der Waals surface area (Å²) in [5.41, 5.74) is 0. The van der Waals surface area contributed by atoms with Crippen molar-refractivity contribution in [3.05, 3.63) is 0 Å². The van der Waals surface area contributed by atoms with Gasteiger partial charge in [-0.3, -0.25) is 14.4 Å². The lowest BCUT2D eigenvalue weighted by Gasteiger charge is -2.25. The molecule has 4 atom stereocenters. The predicted molar refractivity (Wildman–Crippen MR) is 62.1 cm³/mol. The molecule has 0 aromatic heterocycles. The molecule has 1 aliphatic heterocycles. The van der Waals surface area contributed by atoms with Gasteiger partial charge in [-0.25, -0.2) is 0 Å². The summed E-state index contributed by atoms with van der Waals surface area (Å²) in [6, 6.07) is 0. The normalized spacial score (nSPS) is 27.5. The maximum absolute atomic E-state index is 11.1. The Morgan fingerprint density at radius 2 is 1.63 bits per heavy atom. The second kappa shape index (κ2) is 6.51. The van der Waals surface area contributed by atoms with E-state index in [1.165, 1.54) is 20.8 Å². The third-order valence-electron chi connectivity index (χ3n) is 2.58. The molecule has 1 rings (SSSR count). The van der Waals surface area contributed by atoms with Gasteiger partial charge >= 0.3 is 17.9 Å². The van der Waals surface area contributed by atoms with Gasteiger partial charge in [0.1, 0.15) is 12.2 Å². The van der Waals surface area contributed by atoms with E-state index < -0.39 is 42.3 Å². The average Bonchev–Trinajstić information content (AvgIpc) is 2.58. The molecule has 0 bridgehead atoms. The molecular formula is C12H18O7. The van der Waals surface area contributed by atoms with Crippen molar-refractivity contribution < 1.29 is 33.3 Å². The molecule has 7 nitrogen and oxygen atoms in total. The van der Waals surface area contributed by atoms with E-state index in [9.17, 15) is 14.4 Å². The largest absolute Gasteiger partial charge is 0.460 e. The fourth-order valence-corrected chi connectivity index (χ4v) is 1.99. The topological polar surface area (TPSA) is 88.1 Å². The molecule has 1 saturated heterocycles. The van der Waals surface area contributed by atoms with Crippen LogP contribution in [0.25, 0.3) is 0 Å². The maximum atomic E-state index is 11.1. The van der Waals surface area contributed by atoms with Gasteiger partial charge in [0.2, 0.25) is 0 Å². The van der Waals surface area contributed by atoms with Crippen LogP contribution in [0.3, 0.4) is 0 Å². The summed E-state index contributed by atoms with van der Waals surface area (Å²) >= 11 is 0. The minimum absolute atomic E-state index is 0.0911. The second-order valence-corrected chi connectivity index (χ2v) is 4.33. The van der Waals surface area contributed by atoms with Crippen molar-refractivity contribution in [3.8, 4) is 0 Å². The Kier molecular flexibility index (Phi) is 5.29. The summed E-state index contributed by atoms with van der Waals surface area (Å²) in [7, 11) is 0. The van der Waals surface area contributed by atoms with Gasteiger partial charge in [-0.15, -0.1) is 0 Å². The van der Waals surface area contributed by atoms with E-state index in [1.54, 1.807) is 6.92 Å². The lowest BCUT2D eigenvalue weighted by molar-refractivity contribution is -0.169. The Labute approximate surface area is 111 Å². The lowest BCUT2D eigenvalue weighted by Crippen LogP contribution is -2.43. The van der Waals surface area contributed by atoms with E-state index in [2.05, 4.69) is 0 Å². The zero-order valence-corrected chi connectivity index (χ0v) is 11.4. The van der Waals surface area contributed by atoms with E-state index >= 15 is 0 Å².